The summed E-state index contributed by atoms with van der Waals surface area (Å²) in [6.07, 6.45) is 3.80. The predicted octanol–water partition coefficient (Wildman–Crippen LogP) is 2.77. The number of nitrogen functional groups attached to an aromatic ring is 2. The van der Waals surface area contributed by atoms with E-state index < -0.39 is 0 Å². The molecular weight excluding hydrogens is 252 g/mol. The first-order valence-corrected chi connectivity index (χ1v) is 6.86. The molecule has 2 aromatic rings. The van der Waals surface area contributed by atoms with Gasteiger partial charge in [-0.1, -0.05) is 13.8 Å². The highest BCUT2D eigenvalue weighted by Gasteiger charge is 2.14. The van der Waals surface area contributed by atoms with E-state index in [4.69, 9.17) is 16.2 Å². The highest BCUT2D eigenvalue weighted by molar-refractivity contribution is 5.83. The third kappa shape index (κ3) is 2.87. The van der Waals surface area contributed by atoms with Crippen molar-refractivity contribution < 1.29 is 4.74 Å². The highest BCUT2D eigenvalue weighted by Crippen LogP contribution is 2.38. The number of hydrogen-bond donors (Lipinski definition) is 2. The van der Waals surface area contributed by atoms with Crippen LogP contribution in [0.15, 0.2) is 24.5 Å². The van der Waals surface area contributed by atoms with Crippen molar-refractivity contribution >= 4 is 11.4 Å². The predicted molar refractivity (Wildman–Crippen MR) is 82.5 cm³/mol. The van der Waals surface area contributed by atoms with Crippen molar-refractivity contribution in [2.24, 2.45) is 5.92 Å². The molecule has 1 aromatic heterocycles. The largest absolute Gasteiger partial charge is 0.490 e. The standard InChI is InChI=1S/C15H22N4O/c1-4-19-8-11(7-18-19)12-5-6-13(16)14(17)15(12)20-9-10(2)3/h5-8,10H,4,9,16-17H2,1-3H3. The number of aryl methyl sites for hydroxylation is 1. The molecule has 0 aliphatic rings. The summed E-state index contributed by atoms with van der Waals surface area (Å²) in [5.74, 6) is 1.07. The van der Waals surface area contributed by atoms with Crippen LogP contribution in [0.5, 0.6) is 5.75 Å². The van der Waals surface area contributed by atoms with Gasteiger partial charge >= 0.3 is 0 Å². The van der Waals surface area contributed by atoms with Crippen molar-refractivity contribution in [3.8, 4) is 16.9 Å². The molecule has 0 unspecified atom stereocenters. The molecule has 0 aliphatic carbocycles. The number of nitrogens with zero attached hydrogens (tertiary/aromatic N) is 2. The van der Waals surface area contributed by atoms with Crippen LogP contribution in [0.25, 0.3) is 11.1 Å². The summed E-state index contributed by atoms with van der Waals surface area (Å²) in [5, 5.41) is 4.29. The Kier molecular flexibility index (Phi) is 4.17. The van der Waals surface area contributed by atoms with Crippen LogP contribution in [0, 0.1) is 5.92 Å². The average Bonchev–Trinajstić information content (AvgIpc) is 2.88. The first kappa shape index (κ1) is 14.2. The number of nitrogens with two attached hydrogens (primary N) is 2. The van der Waals surface area contributed by atoms with Gasteiger partial charge in [0.1, 0.15) is 0 Å². The van der Waals surface area contributed by atoms with Crippen LogP contribution in [0.1, 0.15) is 20.8 Å². The van der Waals surface area contributed by atoms with Crippen LogP contribution in [-0.4, -0.2) is 16.4 Å². The zero-order chi connectivity index (χ0) is 14.7. The van der Waals surface area contributed by atoms with Gasteiger partial charge in [0.15, 0.2) is 5.75 Å². The van der Waals surface area contributed by atoms with Crippen molar-refractivity contribution in [2.45, 2.75) is 27.3 Å². The Bertz CT molecular complexity index is 590. The summed E-state index contributed by atoms with van der Waals surface area (Å²) in [6.45, 7) is 7.66. The molecule has 1 aromatic carbocycles. The number of aromatic nitrogens is 2. The number of hydrogen-bond acceptors (Lipinski definition) is 4. The van der Waals surface area contributed by atoms with Crippen molar-refractivity contribution in [1.29, 1.82) is 0 Å². The Balaban J connectivity index is 2.43. The number of benzene rings is 1. The molecule has 5 nitrogen and oxygen atoms in total. The summed E-state index contributed by atoms with van der Waals surface area (Å²) < 4.78 is 7.73. The van der Waals surface area contributed by atoms with E-state index in [0.717, 1.165) is 17.7 Å². The Morgan fingerprint density at radius 3 is 2.65 bits per heavy atom. The van der Waals surface area contributed by atoms with Gasteiger partial charge in [-0.3, -0.25) is 4.68 Å². The number of ether oxygens (including phenoxy) is 1. The van der Waals surface area contributed by atoms with Crippen LogP contribution >= 0.6 is 0 Å². The van der Waals surface area contributed by atoms with Crippen molar-refractivity contribution in [3.63, 3.8) is 0 Å². The van der Waals surface area contributed by atoms with E-state index in [1.807, 2.05) is 30.1 Å². The van der Waals surface area contributed by atoms with Crippen molar-refractivity contribution in [1.82, 2.24) is 9.78 Å². The molecule has 0 spiro atoms. The van der Waals surface area contributed by atoms with E-state index in [2.05, 4.69) is 18.9 Å². The SMILES string of the molecule is CCn1cc(-c2ccc(N)c(N)c2OCC(C)C)cn1. The molecule has 108 valence electrons. The molecule has 1 heterocycles. The molecule has 20 heavy (non-hydrogen) atoms. The van der Waals surface area contributed by atoms with E-state index >= 15 is 0 Å². The summed E-state index contributed by atoms with van der Waals surface area (Å²) in [6, 6.07) is 3.73. The zero-order valence-corrected chi connectivity index (χ0v) is 12.3. The summed E-state index contributed by atoms with van der Waals surface area (Å²) in [5.41, 5.74) is 14.9. The van der Waals surface area contributed by atoms with Crippen LogP contribution < -0.4 is 16.2 Å². The van der Waals surface area contributed by atoms with Crippen molar-refractivity contribution in [3.05, 3.63) is 24.5 Å². The molecule has 0 amide bonds. The third-order valence-electron chi connectivity index (χ3n) is 3.06. The molecule has 2 rings (SSSR count). The Morgan fingerprint density at radius 1 is 1.30 bits per heavy atom. The van der Waals surface area contributed by atoms with Gasteiger partial charge in [0.05, 0.1) is 24.2 Å². The second-order valence-electron chi connectivity index (χ2n) is 5.23. The van der Waals surface area contributed by atoms with E-state index in [9.17, 15) is 0 Å². The fourth-order valence-electron chi connectivity index (χ4n) is 1.92. The first-order chi connectivity index (χ1) is 9.52. The van der Waals surface area contributed by atoms with Crippen LogP contribution in [0.2, 0.25) is 0 Å². The number of rotatable bonds is 5. The molecule has 0 fully saturated rings. The van der Waals surface area contributed by atoms with E-state index in [0.29, 0.717) is 29.6 Å². The summed E-state index contributed by atoms with van der Waals surface area (Å²) >= 11 is 0. The van der Waals surface area contributed by atoms with Gasteiger partial charge in [-0.05, 0) is 25.0 Å². The highest BCUT2D eigenvalue weighted by atomic mass is 16.5. The van der Waals surface area contributed by atoms with Crippen LogP contribution in [-0.2, 0) is 6.54 Å². The molecule has 5 heteroatoms. The van der Waals surface area contributed by atoms with Crippen LogP contribution in [0.4, 0.5) is 11.4 Å². The van der Waals surface area contributed by atoms with Gasteiger partial charge in [-0.15, -0.1) is 0 Å². The van der Waals surface area contributed by atoms with Gasteiger partial charge in [0.2, 0.25) is 0 Å². The minimum atomic E-state index is 0.419. The molecular formula is C15H22N4O. The lowest BCUT2D eigenvalue weighted by atomic mass is 10.1. The summed E-state index contributed by atoms with van der Waals surface area (Å²) in [4.78, 5) is 0. The lowest BCUT2D eigenvalue weighted by molar-refractivity contribution is 0.273. The van der Waals surface area contributed by atoms with Gasteiger partial charge in [-0.2, -0.15) is 5.10 Å². The topological polar surface area (TPSA) is 79.1 Å². The average molecular weight is 274 g/mol. The lowest BCUT2D eigenvalue weighted by Gasteiger charge is -2.16. The Labute approximate surface area is 119 Å². The maximum absolute atomic E-state index is 6.07. The zero-order valence-electron chi connectivity index (χ0n) is 12.3. The Morgan fingerprint density at radius 2 is 2.05 bits per heavy atom. The lowest BCUT2D eigenvalue weighted by Crippen LogP contribution is -2.08. The van der Waals surface area contributed by atoms with E-state index in [-0.39, 0.29) is 0 Å². The van der Waals surface area contributed by atoms with Crippen LogP contribution in [0.3, 0.4) is 0 Å². The molecule has 4 N–H and O–H groups in total. The normalized spacial score (nSPS) is 11.0. The molecule has 0 saturated heterocycles. The fraction of sp³-hybridized carbons (Fsp3) is 0.400. The monoisotopic (exact) mass is 274 g/mol. The third-order valence-corrected chi connectivity index (χ3v) is 3.06. The quantitative estimate of drug-likeness (QED) is 0.822. The van der Waals surface area contributed by atoms with E-state index in [1.54, 1.807) is 6.07 Å². The van der Waals surface area contributed by atoms with E-state index in [1.165, 1.54) is 0 Å². The second kappa shape index (κ2) is 5.86. The minimum Gasteiger partial charge on any atom is -0.490 e. The molecule has 0 bridgehead atoms. The van der Waals surface area contributed by atoms with Crippen molar-refractivity contribution in [2.75, 3.05) is 18.1 Å². The summed E-state index contributed by atoms with van der Waals surface area (Å²) in [7, 11) is 0. The second-order valence-corrected chi connectivity index (χ2v) is 5.23. The first-order valence-electron chi connectivity index (χ1n) is 6.86. The number of anilines is 2. The molecule has 0 atom stereocenters. The van der Waals surface area contributed by atoms with Gasteiger partial charge in [0, 0.05) is 23.9 Å². The fourth-order valence-corrected chi connectivity index (χ4v) is 1.92. The molecule has 0 radical (unpaired) electrons. The Hall–Kier alpha value is -2.17. The smallest absolute Gasteiger partial charge is 0.152 e. The minimum absolute atomic E-state index is 0.419. The van der Waals surface area contributed by atoms with Gasteiger partial charge < -0.3 is 16.2 Å². The van der Waals surface area contributed by atoms with Gasteiger partial charge in [0.25, 0.3) is 0 Å². The molecule has 0 aliphatic heterocycles. The molecule has 0 saturated carbocycles. The maximum Gasteiger partial charge on any atom is 0.152 e. The van der Waals surface area contributed by atoms with Gasteiger partial charge in [-0.25, -0.2) is 0 Å². The maximum atomic E-state index is 6.07.